The first-order valence-electron chi connectivity index (χ1n) is 7.37. The van der Waals surface area contributed by atoms with Gasteiger partial charge in [0.25, 0.3) is 0 Å². The molecule has 106 valence electrons. The molecule has 0 aromatic heterocycles. The summed E-state index contributed by atoms with van der Waals surface area (Å²) < 4.78 is 0. The van der Waals surface area contributed by atoms with Gasteiger partial charge in [0.15, 0.2) is 0 Å². The lowest BCUT2D eigenvalue weighted by Crippen LogP contribution is -2.44. The smallest absolute Gasteiger partial charge is 0.217 e. The summed E-state index contributed by atoms with van der Waals surface area (Å²) in [5.41, 5.74) is 5.12. The third kappa shape index (κ3) is 5.83. The molecule has 1 fully saturated rings. The summed E-state index contributed by atoms with van der Waals surface area (Å²) in [5.74, 6) is 0.587. The Balaban J connectivity index is 2.11. The quantitative estimate of drug-likeness (QED) is 0.644. The minimum absolute atomic E-state index is 0.186. The molecule has 2 atom stereocenters. The van der Waals surface area contributed by atoms with Gasteiger partial charge >= 0.3 is 0 Å². The maximum absolute atomic E-state index is 10.6. The lowest BCUT2D eigenvalue weighted by molar-refractivity contribution is -0.118. The summed E-state index contributed by atoms with van der Waals surface area (Å²) in [5, 5.41) is 3.59. The van der Waals surface area contributed by atoms with Gasteiger partial charge in [0.05, 0.1) is 0 Å². The molecule has 0 radical (unpaired) electrons. The van der Waals surface area contributed by atoms with Gasteiger partial charge in [0.2, 0.25) is 5.91 Å². The Hall–Kier alpha value is -0.610. The second-order valence-electron chi connectivity index (χ2n) is 5.46. The maximum atomic E-state index is 10.6. The van der Waals surface area contributed by atoms with E-state index in [0.717, 1.165) is 25.3 Å². The Morgan fingerprint density at radius 1 is 1.50 bits per heavy atom. The predicted molar refractivity (Wildman–Crippen MR) is 75.3 cm³/mol. The van der Waals surface area contributed by atoms with Crippen LogP contribution in [0.3, 0.4) is 0 Å². The van der Waals surface area contributed by atoms with Gasteiger partial charge in [0.1, 0.15) is 0 Å². The van der Waals surface area contributed by atoms with Gasteiger partial charge in [-0.25, -0.2) is 0 Å². The Labute approximate surface area is 111 Å². The zero-order valence-electron chi connectivity index (χ0n) is 12.0. The summed E-state index contributed by atoms with van der Waals surface area (Å²) in [6.07, 6.45) is 5.12. The molecule has 3 N–H and O–H groups in total. The van der Waals surface area contributed by atoms with Crippen LogP contribution in [0.1, 0.15) is 46.0 Å². The van der Waals surface area contributed by atoms with E-state index in [2.05, 4.69) is 24.1 Å². The van der Waals surface area contributed by atoms with E-state index in [4.69, 9.17) is 5.73 Å². The number of hydrogen-bond acceptors (Lipinski definition) is 3. The number of unbranched alkanes of at least 4 members (excludes halogenated alkanes) is 1. The highest BCUT2D eigenvalue weighted by Gasteiger charge is 2.23. The number of piperidine rings is 1. The van der Waals surface area contributed by atoms with E-state index in [0.29, 0.717) is 12.5 Å². The van der Waals surface area contributed by atoms with Crippen LogP contribution in [0.5, 0.6) is 0 Å². The highest BCUT2D eigenvalue weighted by Crippen LogP contribution is 2.19. The second kappa shape index (κ2) is 8.48. The van der Waals surface area contributed by atoms with Gasteiger partial charge < -0.3 is 16.0 Å². The van der Waals surface area contributed by atoms with Crippen molar-refractivity contribution < 1.29 is 4.79 Å². The number of amides is 1. The average molecular weight is 255 g/mol. The molecule has 0 saturated carbocycles. The summed E-state index contributed by atoms with van der Waals surface area (Å²) >= 11 is 0. The normalized spacial score (nSPS) is 22.9. The first kappa shape index (κ1) is 15.4. The summed E-state index contributed by atoms with van der Waals surface area (Å²) in [6.45, 7) is 9.19. The fourth-order valence-corrected chi connectivity index (χ4v) is 2.71. The lowest BCUT2D eigenvalue weighted by Gasteiger charge is -2.35. The molecule has 1 amide bonds. The van der Waals surface area contributed by atoms with Gasteiger partial charge in [-0.05, 0) is 58.2 Å². The van der Waals surface area contributed by atoms with Crippen molar-refractivity contribution in [1.82, 2.24) is 10.2 Å². The Kier molecular flexibility index (Phi) is 7.28. The lowest BCUT2D eigenvalue weighted by atomic mass is 9.91. The molecule has 1 saturated heterocycles. The third-order valence-corrected chi connectivity index (χ3v) is 4.01. The van der Waals surface area contributed by atoms with E-state index in [1.807, 2.05) is 0 Å². The minimum atomic E-state index is -0.186. The van der Waals surface area contributed by atoms with Crippen molar-refractivity contribution in [3.8, 4) is 0 Å². The molecule has 1 rings (SSSR count). The van der Waals surface area contributed by atoms with E-state index in [1.54, 1.807) is 0 Å². The fraction of sp³-hybridized carbons (Fsp3) is 0.929. The molecule has 0 aromatic rings. The van der Waals surface area contributed by atoms with Crippen molar-refractivity contribution in [2.24, 2.45) is 11.7 Å². The highest BCUT2D eigenvalue weighted by molar-refractivity contribution is 5.73. The molecule has 0 spiro atoms. The average Bonchev–Trinajstić information content (AvgIpc) is 2.37. The van der Waals surface area contributed by atoms with Gasteiger partial charge in [-0.1, -0.05) is 6.92 Å². The SMILES string of the molecule is CCN1CCCC(C(C)NCCCCC(N)=O)C1. The van der Waals surface area contributed by atoms with Crippen LogP contribution in [-0.2, 0) is 4.79 Å². The Morgan fingerprint density at radius 3 is 2.94 bits per heavy atom. The predicted octanol–water partition coefficient (Wildman–Crippen LogP) is 1.35. The first-order chi connectivity index (χ1) is 8.63. The van der Waals surface area contributed by atoms with Gasteiger partial charge in [0, 0.05) is 19.0 Å². The van der Waals surface area contributed by atoms with Crippen molar-refractivity contribution in [2.45, 2.75) is 52.0 Å². The molecule has 0 aliphatic carbocycles. The maximum Gasteiger partial charge on any atom is 0.217 e. The number of nitrogens with zero attached hydrogens (tertiary/aromatic N) is 1. The fourth-order valence-electron chi connectivity index (χ4n) is 2.71. The molecule has 2 unspecified atom stereocenters. The summed E-state index contributed by atoms with van der Waals surface area (Å²) in [7, 11) is 0. The van der Waals surface area contributed by atoms with Crippen LogP contribution in [0.15, 0.2) is 0 Å². The largest absolute Gasteiger partial charge is 0.370 e. The van der Waals surface area contributed by atoms with Crippen LogP contribution < -0.4 is 11.1 Å². The van der Waals surface area contributed by atoms with Crippen molar-refractivity contribution in [3.63, 3.8) is 0 Å². The zero-order chi connectivity index (χ0) is 13.4. The van der Waals surface area contributed by atoms with Crippen LogP contribution in [0.25, 0.3) is 0 Å². The number of hydrogen-bond donors (Lipinski definition) is 2. The van der Waals surface area contributed by atoms with E-state index in [-0.39, 0.29) is 5.91 Å². The summed E-state index contributed by atoms with van der Waals surface area (Å²) in [6, 6.07) is 0.577. The van der Waals surface area contributed by atoms with Crippen molar-refractivity contribution in [1.29, 1.82) is 0 Å². The number of rotatable bonds is 8. The van der Waals surface area contributed by atoms with E-state index in [1.165, 1.54) is 32.5 Å². The number of carbonyl (C=O) groups is 1. The van der Waals surface area contributed by atoms with Crippen molar-refractivity contribution >= 4 is 5.91 Å². The molecule has 18 heavy (non-hydrogen) atoms. The van der Waals surface area contributed by atoms with Crippen LogP contribution in [-0.4, -0.2) is 43.0 Å². The van der Waals surface area contributed by atoms with Gasteiger partial charge in [-0.15, -0.1) is 0 Å². The number of likely N-dealkylation sites (tertiary alicyclic amines) is 1. The Morgan fingerprint density at radius 2 is 2.28 bits per heavy atom. The highest BCUT2D eigenvalue weighted by atomic mass is 16.1. The van der Waals surface area contributed by atoms with E-state index < -0.39 is 0 Å². The molecule has 4 nitrogen and oxygen atoms in total. The minimum Gasteiger partial charge on any atom is -0.370 e. The van der Waals surface area contributed by atoms with E-state index in [9.17, 15) is 4.79 Å². The van der Waals surface area contributed by atoms with Crippen LogP contribution in [0.2, 0.25) is 0 Å². The van der Waals surface area contributed by atoms with E-state index >= 15 is 0 Å². The topological polar surface area (TPSA) is 58.4 Å². The van der Waals surface area contributed by atoms with Crippen molar-refractivity contribution in [3.05, 3.63) is 0 Å². The monoisotopic (exact) mass is 255 g/mol. The number of nitrogens with two attached hydrogens (primary N) is 1. The van der Waals surface area contributed by atoms with Crippen LogP contribution in [0, 0.1) is 5.92 Å². The van der Waals surface area contributed by atoms with Gasteiger partial charge in [-0.3, -0.25) is 4.79 Å². The van der Waals surface area contributed by atoms with Gasteiger partial charge in [-0.2, -0.15) is 0 Å². The van der Waals surface area contributed by atoms with Crippen LogP contribution in [0.4, 0.5) is 0 Å². The molecule has 0 bridgehead atoms. The number of primary amides is 1. The molecule has 1 aliphatic rings. The molecular weight excluding hydrogens is 226 g/mol. The molecule has 4 heteroatoms. The third-order valence-electron chi connectivity index (χ3n) is 4.01. The first-order valence-corrected chi connectivity index (χ1v) is 7.37. The number of nitrogens with one attached hydrogen (secondary N) is 1. The zero-order valence-corrected chi connectivity index (χ0v) is 12.0. The van der Waals surface area contributed by atoms with Crippen molar-refractivity contribution in [2.75, 3.05) is 26.2 Å². The molecule has 0 aromatic carbocycles. The second-order valence-corrected chi connectivity index (χ2v) is 5.46. The summed E-state index contributed by atoms with van der Waals surface area (Å²) in [4.78, 5) is 13.2. The molecule has 1 heterocycles. The Bertz CT molecular complexity index is 245. The number of carbonyl (C=O) groups excluding carboxylic acids is 1. The molecule has 1 aliphatic heterocycles. The molecular formula is C14H29N3O. The standard InChI is InChI=1S/C14H29N3O/c1-3-17-10-6-7-13(11-17)12(2)16-9-5-4-8-14(15)18/h12-13,16H,3-11H2,1-2H3,(H2,15,18). The van der Waals surface area contributed by atoms with Crippen LogP contribution >= 0.6 is 0 Å².